The summed E-state index contributed by atoms with van der Waals surface area (Å²) < 4.78 is 11.9. The summed E-state index contributed by atoms with van der Waals surface area (Å²) in [5.41, 5.74) is 10.7. The number of aliphatic hydroxyl groups is 1. The quantitative estimate of drug-likeness (QED) is 0.261. The van der Waals surface area contributed by atoms with Gasteiger partial charge in [-0.25, -0.2) is 0 Å². The number of ether oxygens (including phenoxy) is 2. The second kappa shape index (κ2) is 11.9. The third-order valence-electron chi connectivity index (χ3n) is 4.07. The van der Waals surface area contributed by atoms with Crippen LogP contribution >= 0.6 is 0 Å². The van der Waals surface area contributed by atoms with Gasteiger partial charge in [0.25, 0.3) is 0 Å². The van der Waals surface area contributed by atoms with Gasteiger partial charge in [-0.05, 0) is 23.1 Å². The van der Waals surface area contributed by atoms with Crippen LogP contribution in [0.2, 0.25) is 0 Å². The fourth-order valence-electron chi connectivity index (χ4n) is 2.68. The highest BCUT2D eigenvalue weighted by Gasteiger charge is 2.29. The van der Waals surface area contributed by atoms with Gasteiger partial charge in [-0.1, -0.05) is 71.9 Å². The summed E-state index contributed by atoms with van der Waals surface area (Å²) in [6, 6.07) is 19.4. The minimum Gasteiger partial charge on any atom is -0.390 e. The number of hydrogen-bond donors (Lipinski definition) is 1. The van der Waals surface area contributed by atoms with Gasteiger partial charge in [0.2, 0.25) is 0 Å². The van der Waals surface area contributed by atoms with E-state index in [1.54, 1.807) is 6.08 Å². The lowest BCUT2D eigenvalue weighted by Crippen LogP contribution is -2.42. The predicted octanol–water partition coefficient (Wildman–Crippen LogP) is 4.40. The van der Waals surface area contributed by atoms with Crippen LogP contribution in [0.5, 0.6) is 0 Å². The van der Waals surface area contributed by atoms with Crippen molar-refractivity contribution in [1.82, 2.24) is 0 Å². The first-order valence-corrected chi connectivity index (χ1v) is 8.85. The van der Waals surface area contributed by atoms with Crippen molar-refractivity contribution in [3.63, 3.8) is 0 Å². The van der Waals surface area contributed by atoms with Crippen LogP contribution in [0.4, 0.5) is 0 Å². The van der Waals surface area contributed by atoms with Crippen molar-refractivity contribution in [1.29, 1.82) is 0 Å². The van der Waals surface area contributed by atoms with E-state index in [9.17, 15) is 5.11 Å². The molecule has 3 atom stereocenters. The highest BCUT2D eigenvalue weighted by atomic mass is 16.5. The van der Waals surface area contributed by atoms with Gasteiger partial charge >= 0.3 is 0 Å². The average molecular weight is 367 g/mol. The molecule has 0 aromatic heterocycles. The molecular formula is C21H25N3O3. The maximum absolute atomic E-state index is 10.5. The highest BCUT2D eigenvalue weighted by molar-refractivity contribution is 5.14. The SMILES string of the molecule is C=CC[C@@H](O)[C@@H](OCc1ccccc1)[C@@H](CN=[N+]=[N-])OCc1ccccc1. The van der Waals surface area contributed by atoms with Gasteiger partial charge in [0.05, 0.1) is 32.0 Å². The summed E-state index contributed by atoms with van der Waals surface area (Å²) in [6.07, 6.45) is -0.0789. The maximum atomic E-state index is 10.5. The maximum Gasteiger partial charge on any atom is 0.110 e. The monoisotopic (exact) mass is 367 g/mol. The molecule has 0 saturated carbocycles. The second-order valence-corrected chi connectivity index (χ2v) is 6.10. The Morgan fingerprint density at radius 1 is 1.00 bits per heavy atom. The first-order chi connectivity index (χ1) is 13.2. The van der Waals surface area contributed by atoms with E-state index in [0.29, 0.717) is 19.6 Å². The molecule has 1 N–H and O–H groups in total. The fourth-order valence-corrected chi connectivity index (χ4v) is 2.68. The Hall–Kier alpha value is -2.63. The molecule has 0 spiro atoms. The van der Waals surface area contributed by atoms with Crippen LogP contribution in [0.1, 0.15) is 17.5 Å². The molecule has 0 amide bonds. The molecule has 2 aromatic carbocycles. The third-order valence-corrected chi connectivity index (χ3v) is 4.07. The standard InChI is InChI=1S/C21H25N3O3/c1-2-9-19(25)21(27-16-18-12-7-4-8-13-18)20(14-23-24-22)26-15-17-10-5-3-6-11-17/h2-8,10-13,19-21,25H,1,9,14-16H2/t19-,20-,21-/m1/s1. The molecule has 0 aliphatic heterocycles. The van der Waals surface area contributed by atoms with Crippen LogP contribution in [0.3, 0.4) is 0 Å². The predicted molar refractivity (Wildman–Crippen MR) is 105 cm³/mol. The topological polar surface area (TPSA) is 87.5 Å². The Labute approximate surface area is 159 Å². The molecule has 6 nitrogen and oxygen atoms in total. The first kappa shape index (κ1) is 20.7. The van der Waals surface area contributed by atoms with Gasteiger partial charge < -0.3 is 14.6 Å². The van der Waals surface area contributed by atoms with E-state index in [-0.39, 0.29) is 6.54 Å². The van der Waals surface area contributed by atoms with Crippen molar-refractivity contribution < 1.29 is 14.6 Å². The van der Waals surface area contributed by atoms with Gasteiger partial charge in [0.1, 0.15) is 6.10 Å². The Bertz CT molecular complexity index is 718. The number of azide groups is 1. The molecule has 2 rings (SSSR count). The van der Waals surface area contributed by atoms with Crippen molar-refractivity contribution in [3.8, 4) is 0 Å². The fraction of sp³-hybridized carbons (Fsp3) is 0.333. The van der Waals surface area contributed by atoms with Crippen LogP contribution in [0.25, 0.3) is 10.4 Å². The number of benzene rings is 2. The summed E-state index contributed by atoms with van der Waals surface area (Å²) in [7, 11) is 0. The van der Waals surface area contributed by atoms with Crippen LogP contribution in [0.15, 0.2) is 78.4 Å². The lowest BCUT2D eigenvalue weighted by Gasteiger charge is -2.30. The summed E-state index contributed by atoms with van der Waals surface area (Å²) in [4.78, 5) is 2.82. The van der Waals surface area contributed by atoms with Crippen molar-refractivity contribution in [2.24, 2.45) is 5.11 Å². The minimum absolute atomic E-state index is 0.0665. The number of nitrogens with zero attached hydrogens (tertiary/aromatic N) is 3. The Kier molecular flexibility index (Phi) is 9.10. The van der Waals surface area contributed by atoms with Gasteiger partial charge in [-0.2, -0.15) is 0 Å². The molecule has 142 valence electrons. The van der Waals surface area contributed by atoms with E-state index in [4.69, 9.17) is 15.0 Å². The molecule has 0 radical (unpaired) electrons. The number of rotatable bonds is 12. The van der Waals surface area contributed by atoms with Gasteiger partial charge in [-0.3, -0.25) is 0 Å². The largest absolute Gasteiger partial charge is 0.390 e. The lowest BCUT2D eigenvalue weighted by atomic mass is 10.0. The Morgan fingerprint density at radius 2 is 1.56 bits per heavy atom. The van der Waals surface area contributed by atoms with Crippen molar-refractivity contribution in [3.05, 3.63) is 94.9 Å². The molecule has 0 unspecified atom stereocenters. The third kappa shape index (κ3) is 7.25. The summed E-state index contributed by atoms with van der Waals surface area (Å²) in [5, 5.41) is 14.2. The van der Waals surface area contributed by atoms with Crippen LogP contribution in [0, 0.1) is 0 Å². The van der Waals surface area contributed by atoms with E-state index < -0.39 is 18.3 Å². The zero-order chi connectivity index (χ0) is 19.3. The van der Waals surface area contributed by atoms with Gasteiger partial charge in [-0.15, -0.1) is 6.58 Å². The second-order valence-electron chi connectivity index (χ2n) is 6.10. The van der Waals surface area contributed by atoms with Crippen molar-refractivity contribution in [2.45, 2.75) is 37.9 Å². The lowest BCUT2D eigenvalue weighted by molar-refractivity contribution is -0.127. The van der Waals surface area contributed by atoms with Gasteiger partial charge in [0, 0.05) is 4.91 Å². The van der Waals surface area contributed by atoms with E-state index in [2.05, 4.69) is 16.6 Å². The summed E-state index contributed by atoms with van der Waals surface area (Å²) in [5.74, 6) is 0. The molecule has 6 heteroatoms. The zero-order valence-electron chi connectivity index (χ0n) is 15.2. The molecule has 0 saturated heterocycles. The number of aliphatic hydroxyl groups excluding tert-OH is 1. The minimum atomic E-state index is -0.819. The molecule has 0 aliphatic rings. The summed E-state index contributed by atoms with van der Waals surface area (Å²) >= 11 is 0. The van der Waals surface area contributed by atoms with Crippen LogP contribution < -0.4 is 0 Å². The molecule has 0 heterocycles. The average Bonchev–Trinajstić information content (AvgIpc) is 2.71. The van der Waals surface area contributed by atoms with Crippen molar-refractivity contribution >= 4 is 0 Å². The zero-order valence-corrected chi connectivity index (χ0v) is 15.2. The summed E-state index contributed by atoms with van der Waals surface area (Å²) in [6.45, 7) is 4.40. The molecule has 0 bridgehead atoms. The molecular weight excluding hydrogens is 342 g/mol. The van der Waals surface area contributed by atoms with Crippen LogP contribution in [-0.4, -0.2) is 30.0 Å². The van der Waals surface area contributed by atoms with Gasteiger partial charge in [0.15, 0.2) is 0 Å². The molecule has 2 aromatic rings. The van der Waals surface area contributed by atoms with E-state index in [1.165, 1.54) is 0 Å². The molecule has 27 heavy (non-hydrogen) atoms. The Morgan fingerprint density at radius 3 is 2.07 bits per heavy atom. The Balaban J connectivity index is 2.11. The van der Waals surface area contributed by atoms with E-state index in [0.717, 1.165) is 11.1 Å². The van der Waals surface area contributed by atoms with Crippen LogP contribution in [-0.2, 0) is 22.7 Å². The molecule has 0 fully saturated rings. The first-order valence-electron chi connectivity index (χ1n) is 8.85. The highest BCUT2D eigenvalue weighted by Crippen LogP contribution is 2.17. The number of hydrogen-bond acceptors (Lipinski definition) is 4. The normalized spacial score (nSPS) is 14.0. The smallest absolute Gasteiger partial charge is 0.110 e. The molecule has 0 aliphatic carbocycles. The van der Waals surface area contributed by atoms with Crippen molar-refractivity contribution in [2.75, 3.05) is 6.54 Å². The van der Waals surface area contributed by atoms with E-state index in [1.807, 2.05) is 60.7 Å². The van der Waals surface area contributed by atoms with E-state index >= 15 is 0 Å².